The van der Waals surface area contributed by atoms with Crippen LogP contribution in [-0.4, -0.2) is 24.7 Å². The van der Waals surface area contributed by atoms with Gasteiger partial charge in [0.2, 0.25) is 0 Å². The molecule has 1 atom stereocenters. The van der Waals surface area contributed by atoms with Gasteiger partial charge >= 0.3 is 45.9 Å². The van der Waals surface area contributed by atoms with Crippen LogP contribution in [0.4, 0.5) is 0 Å². The van der Waals surface area contributed by atoms with E-state index < -0.39 is 0 Å². The molecule has 0 saturated carbocycles. The third-order valence-corrected chi connectivity index (χ3v) is 0. The summed E-state index contributed by atoms with van der Waals surface area (Å²) in [4.78, 5) is 0. The van der Waals surface area contributed by atoms with Gasteiger partial charge in [0, 0.05) is 0 Å². The van der Waals surface area contributed by atoms with Gasteiger partial charge in [0.15, 0.2) is 0 Å². The number of hydrogen-bond acceptors (Lipinski definition) is 1. The second-order valence-corrected chi connectivity index (χ2v) is 1.22. The molecule has 0 bridgehead atoms. The molecule has 0 fully saturated rings. The first-order chi connectivity index (χ1) is 1.41. The molecule has 0 rings (SSSR count). The predicted octanol–water partition coefficient (Wildman–Crippen LogP) is -0.0553. The zero-order valence-corrected chi connectivity index (χ0v) is 3.53. The van der Waals surface area contributed by atoms with Crippen LogP contribution < -0.4 is 0 Å². The molecule has 0 spiro atoms. The van der Waals surface area contributed by atoms with Gasteiger partial charge in [-0.25, -0.2) is 0 Å². The molecule has 0 radical (unpaired) electrons. The fourth-order valence-electron chi connectivity index (χ4n) is 0. The van der Waals surface area contributed by atoms with E-state index in [9.17, 15) is 0 Å². The molecule has 0 aromatic heterocycles. The van der Waals surface area contributed by atoms with Crippen molar-refractivity contribution in [3.05, 3.63) is 0 Å². The summed E-state index contributed by atoms with van der Waals surface area (Å²) in [6.45, 7) is 0. The van der Waals surface area contributed by atoms with E-state index in [2.05, 4.69) is 21.2 Å². The summed E-state index contributed by atoms with van der Waals surface area (Å²) in [5.41, 5.74) is 0. The van der Waals surface area contributed by atoms with Crippen LogP contribution in [-0.2, 0) is 0 Å². The van der Waals surface area contributed by atoms with Crippen molar-refractivity contribution in [2.75, 3.05) is 0 Å². The molecule has 0 aromatic rings. The maximum absolute atomic E-state index is 4.23. The van der Waals surface area contributed by atoms with Gasteiger partial charge in [-0.1, -0.05) is 0 Å². The molecule has 0 aliphatic carbocycles. The van der Waals surface area contributed by atoms with E-state index in [4.69, 9.17) is 0 Å². The summed E-state index contributed by atoms with van der Waals surface area (Å²) in [7, 11) is 2.27. The van der Waals surface area contributed by atoms with E-state index in [-0.39, 0.29) is 18.9 Å². The Balaban J connectivity index is 0. The van der Waals surface area contributed by atoms with Gasteiger partial charge in [0.25, 0.3) is 0 Å². The Hall–Kier alpha value is 1.31. The molecule has 4 heavy (non-hydrogen) atoms. The summed E-state index contributed by atoms with van der Waals surface area (Å²) in [5, 5.41) is 0. The van der Waals surface area contributed by atoms with Gasteiger partial charge < -0.3 is 0 Å². The summed E-state index contributed by atoms with van der Waals surface area (Å²) < 4.78 is 0. The second kappa shape index (κ2) is 8.85. The zero-order valence-electron chi connectivity index (χ0n) is 1.56. The fraction of sp³-hybridized carbons (Fsp3) is 0. The van der Waals surface area contributed by atoms with E-state index >= 15 is 0 Å². The van der Waals surface area contributed by atoms with Crippen LogP contribution in [0.1, 0.15) is 0 Å². The van der Waals surface area contributed by atoms with Crippen molar-refractivity contribution in [2.45, 2.75) is 0 Å². The molecule has 0 amide bonds. The first kappa shape index (κ1) is 9.00. The van der Waals surface area contributed by atoms with Crippen LogP contribution in [0.25, 0.3) is 0 Å². The number of rotatable bonds is 0. The normalized spacial score (nSPS) is 2.25. The van der Waals surface area contributed by atoms with Gasteiger partial charge in [0.05, 0.1) is 0 Å². The molecule has 0 aliphatic heterocycles. The summed E-state index contributed by atoms with van der Waals surface area (Å²) >= 11 is 4.23. The number of hydrogen-bond donors (Lipinski definition) is 0. The zero-order chi connectivity index (χ0) is 2.71. The van der Waals surface area contributed by atoms with Gasteiger partial charge in [-0.15, -0.1) is 0 Å². The van der Waals surface area contributed by atoms with Crippen molar-refractivity contribution in [1.29, 1.82) is 0 Å². The fourth-order valence-corrected chi connectivity index (χ4v) is 0. The van der Waals surface area contributed by atoms with Crippen molar-refractivity contribution < 1.29 is 0 Å². The van der Waals surface area contributed by atoms with E-state index in [1.54, 1.807) is 0 Å². The Morgan fingerprint density at radius 3 is 1.75 bits per heavy atom. The van der Waals surface area contributed by atoms with E-state index in [1.807, 2.05) is 0 Å². The van der Waals surface area contributed by atoms with E-state index in [1.165, 1.54) is 5.87 Å². The molecule has 4 heteroatoms. The molecule has 0 aromatic carbocycles. The van der Waals surface area contributed by atoms with Crippen molar-refractivity contribution in [2.24, 2.45) is 0 Å². The Labute approximate surface area is 46.2 Å². The van der Waals surface area contributed by atoms with Gasteiger partial charge in [-0.3, -0.25) is 0 Å². The van der Waals surface area contributed by atoms with Crippen LogP contribution in [0.15, 0.2) is 0 Å². The molecule has 0 N–H and O–H groups in total. The van der Waals surface area contributed by atoms with Crippen LogP contribution >= 0.6 is 21.2 Å². The van der Waals surface area contributed by atoms with Crippen molar-refractivity contribution in [3.8, 4) is 0 Å². The molecule has 0 aliphatic rings. The predicted molar refractivity (Wildman–Crippen MR) is 30.2 cm³/mol. The van der Waals surface area contributed by atoms with E-state index in [0.29, 0.717) is 0 Å². The SMILES string of the molecule is PB=S.[LiH]. The third-order valence-electron chi connectivity index (χ3n) is 0. The topological polar surface area (TPSA) is 0 Å². The average molecular weight is 83.8 g/mol. The molecular formula is H3BLiPS. The minimum absolute atomic E-state index is 0. The third kappa shape index (κ3) is 10.3. The Bertz CT molecular complexity index is 15.5. The first-order valence-electron chi connectivity index (χ1n) is 0.569. The molecule has 18 valence electrons. The molecule has 1 unspecified atom stereocenters. The second-order valence-electron chi connectivity index (χ2n) is 0.136. The van der Waals surface area contributed by atoms with Crippen LogP contribution in [0.3, 0.4) is 0 Å². The molecular weight excluding hydrogens is 80.8 g/mol. The van der Waals surface area contributed by atoms with Gasteiger partial charge in [-0.2, -0.15) is 0 Å². The Morgan fingerprint density at radius 1 is 1.75 bits per heavy atom. The first-order valence-corrected chi connectivity index (χ1v) is 1.71. The standard InChI is InChI=1S/BH2PS.Li.H/c2-1-3;;/h2H2;;. The van der Waals surface area contributed by atoms with E-state index in [0.717, 1.165) is 0 Å². The van der Waals surface area contributed by atoms with Gasteiger partial charge in [0.1, 0.15) is 0 Å². The Kier molecular flexibility index (Phi) is 19.9. The van der Waals surface area contributed by atoms with Crippen molar-refractivity contribution >= 4 is 45.9 Å². The van der Waals surface area contributed by atoms with Gasteiger partial charge in [-0.05, 0) is 0 Å². The quantitative estimate of drug-likeness (QED) is 0.292. The Morgan fingerprint density at radius 2 is 1.75 bits per heavy atom. The van der Waals surface area contributed by atoms with Crippen LogP contribution in [0.2, 0.25) is 0 Å². The summed E-state index contributed by atoms with van der Waals surface area (Å²) in [5.74, 6) is 1.50. The summed E-state index contributed by atoms with van der Waals surface area (Å²) in [6, 6.07) is 0. The summed E-state index contributed by atoms with van der Waals surface area (Å²) in [6.07, 6.45) is 0. The van der Waals surface area contributed by atoms with Crippen LogP contribution in [0, 0.1) is 0 Å². The average Bonchev–Trinajstić information content (AvgIpc) is 0.918. The van der Waals surface area contributed by atoms with Crippen molar-refractivity contribution in [1.82, 2.24) is 0 Å². The molecule has 0 heterocycles. The van der Waals surface area contributed by atoms with Crippen LogP contribution in [0.5, 0.6) is 0 Å². The molecule has 0 saturated heterocycles. The molecule has 0 nitrogen and oxygen atoms in total. The monoisotopic (exact) mass is 84.0 g/mol. The van der Waals surface area contributed by atoms with Crippen molar-refractivity contribution in [3.63, 3.8) is 0 Å². The minimum atomic E-state index is 0. The maximum atomic E-state index is 4.23.